The zero-order valence-electron chi connectivity index (χ0n) is 21.6. The molecular weight excluding hydrogens is 482 g/mol. The smallest absolute Gasteiger partial charge is 0.247 e. The van der Waals surface area contributed by atoms with Gasteiger partial charge in [-0.2, -0.15) is 0 Å². The first kappa shape index (κ1) is 29.9. The number of hydrogen-bond donors (Lipinski definition) is 1. The third-order valence-electron chi connectivity index (χ3n) is 6.48. The number of morpholine rings is 1. The van der Waals surface area contributed by atoms with Crippen LogP contribution in [0.25, 0.3) is 0 Å². The molecule has 35 heavy (non-hydrogen) atoms. The van der Waals surface area contributed by atoms with E-state index in [1.165, 1.54) is 70.6 Å². The van der Waals surface area contributed by atoms with Crippen molar-refractivity contribution in [2.24, 2.45) is 5.10 Å². The maximum absolute atomic E-state index is 12.6. The number of benzene rings is 1. The SMILES string of the molecule is CCCCCCCCCCCCCCCCS(=O)(=O)N/N=C(/c1ccccc1Cl)N1CCOCC1. The van der Waals surface area contributed by atoms with Gasteiger partial charge >= 0.3 is 0 Å². The van der Waals surface area contributed by atoms with Gasteiger partial charge in [0.25, 0.3) is 0 Å². The number of halogens is 1. The van der Waals surface area contributed by atoms with Gasteiger partial charge in [0.1, 0.15) is 0 Å². The van der Waals surface area contributed by atoms with Crippen LogP contribution in [0.5, 0.6) is 0 Å². The summed E-state index contributed by atoms with van der Waals surface area (Å²) < 4.78 is 30.5. The van der Waals surface area contributed by atoms with Gasteiger partial charge in [-0.05, 0) is 18.6 Å². The summed E-state index contributed by atoms with van der Waals surface area (Å²) in [7, 11) is -3.49. The average Bonchev–Trinajstić information content (AvgIpc) is 2.86. The van der Waals surface area contributed by atoms with Crippen LogP contribution in [0.4, 0.5) is 0 Å². The summed E-state index contributed by atoms with van der Waals surface area (Å²) in [5, 5.41) is 4.84. The second kappa shape index (κ2) is 18.0. The topological polar surface area (TPSA) is 71.0 Å². The fourth-order valence-corrected chi connectivity index (χ4v) is 5.49. The number of sulfonamides is 1. The molecule has 1 heterocycles. The second-order valence-corrected chi connectivity index (χ2v) is 11.7. The van der Waals surface area contributed by atoms with Crippen LogP contribution in [-0.4, -0.2) is 51.2 Å². The molecule has 0 saturated carbocycles. The summed E-state index contributed by atoms with van der Waals surface area (Å²) in [5.41, 5.74) is 0.718. The lowest BCUT2D eigenvalue weighted by Crippen LogP contribution is -2.42. The largest absolute Gasteiger partial charge is 0.378 e. The second-order valence-electron chi connectivity index (χ2n) is 9.52. The zero-order chi connectivity index (χ0) is 25.2. The molecule has 1 aliphatic heterocycles. The number of amidine groups is 1. The summed E-state index contributed by atoms with van der Waals surface area (Å²) in [4.78, 5) is 4.46. The van der Waals surface area contributed by atoms with Crippen molar-refractivity contribution >= 4 is 27.5 Å². The minimum Gasteiger partial charge on any atom is -0.378 e. The van der Waals surface area contributed by atoms with Crippen molar-refractivity contribution in [1.29, 1.82) is 0 Å². The van der Waals surface area contributed by atoms with Crippen molar-refractivity contribution in [3.63, 3.8) is 0 Å². The first-order valence-electron chi connectivity index (χ1n) is 13.7. The van der Waals surface area contributed by atoms with E-state index in [1.807, 2.05) is 23.1 Å². The first-order chi connectivity index (χ1) is 17.0. The van der Waals surface area contributed by atoms with E-state index in [4.69, 9.17) is 16.3 Å². The standard InChI is InChI=1S/C27H46ClN3O3S/c1-2-3-4-5-6-7-8-9-10-11-12-13-14-17-24-35(32,33)30-29-27(31-20-22-34-23-21-31)25-18-15-16-19-26(25)28/h15-16,18-19,30H,2-14,17,20-24H2,1H3/b29-27-. The van der Waals surface area contributed by atoms with Gasteiger partial charge in [0.15, 0.2) is 5.84 Å². The summed E-state index contributed by atoms with van der Waals surface area (Å²) in [6, 6.07) is 7.37. The normalized spacial score (nSPS) is 14.9. The number of hydrogen-bond acceptors (Lipinski definition) is 4. The molecule has 1 saturated heterocycles. The Morgan fingerprint density at radius 1 is 0.886 bits per heavy atom. The molecule has 1 aliphatic rings. The number of nitrogens with zero attached hydrogens (tertiary/aromatic N) is 2. The fourth-order valence-electron chi connectivity index (χ4n) is 4.36. The van der Waals surface area contributed by atoms with Crippen molar-refractivity contribution in [2.45, 2.75) is 96.8 Å². The van der Waals surface area contributed by atoms with Crippen LogP contribution in [0.2, 0.25) is 5.02 Å². The third kappa shape index (κ3) is 13.0. The van der Waals surface area contributed by atoms with Crippen LogP contribution in [0.15, 0.2) is 29.4 Å². The maximum Gasteiger partial charge on any atom is 0.247 e. The van der Waals surface area contributed by atoms with Gasteiger partial charge < -0.3 is 9.64 Å². The number of unbranched alkanes of at least 4 members (excludes halogenated alkanes) is 13. The lowest BCUT2D eigenvalue weighted by atomic mass is 10.0. The van der Waals surface area contributed by atoms with Crippen molar-refractivity contribution in [3.8, 4) is 0 Å². The molecule has 1 fully saturated rings. The molecule has 0 amide bonds. The molecule has 200 valence electrons. The first-order valence-corrected chi connectivity index (χ1v) is 15.7. The van der Waals surface area contributed by atoms with Crippen LogP contribution in [0.1, 0.15) is 102 Å². The number of rotatable bonds is 18. The number of hydrazone groups is 1. The van der Waals surface area contributed by atoms with Gasteiger partial charge in [0.2, 0.25) is 10.0 Å². The molecule has 1 aromatic rings. The summed E-state index contributed by atoms with van der Waals surface area (Å²) in [6.45, 7) is 4.70. The van der Waals surface area contributed by atoms with Gasteiger partial charge in [0.05, 0.1) is 24.0 Å². The van der Waals surface area contributed by atoms with E-state index in [1.54, 1.807) is 6.07 Å². The molecule has 0 radical (unpaired) electrons. The Morgan fingerprint density at radius 3 is 1.94 bits per heavy atom. The van der Waals surface area contributed by atoms with E-state index in [0.29, 0.717) is 43.6 Å². The molecule has 1 aromatic carbocycles. The minimum absolute atomic E-state index is 0.0907. The van der Waals surface area contributed by atoms with Crippen LogP contribution in [0, 0.1) is 0 Å². The van der Waals surface area contributed by atoms with Crippen molar-refractivity contribution < 1.29 is 13.2 Å². The van der Waals surface area contributed by atoms with Crippen LogP contribution < -0.4 is 4.83 Å². The fraction of sp³-hybridized carbons (Fsp3) is 0.741. The average molecular weight is 528 g/mol. The van der Waals surface area contributed by atoms with Gasteiger partial charge in [0, 0.05) is 18.7 Å². The quantitative estimate of drug-likeness (QED) is 0.0993. The van der Waals surface area contributed by atoms with E-state index < -0.39 is 10.0 Å². The van der Waals surface area contributed by atoms with Crippen molar-refractivity contribution in [2.75, 3.05) is 32.1 Å². The van der Waals surface area contributed by atoms with E-state index in [0.717, 1.165) is 18.4 Å². The monoisotopic (exact) mass is 527 g/mol. The predicted molar refractivity (Wildman–Crippen MR) is 148 cm³/mol. The molecule has 6 nitrogen and oxygen atoms in total. The highest BCUT2D eigenvalue weighted by molar-refractivity contribution is 7.89. The molecule has 0 unspecified atom stereocenters. The van der Waals surface area contributed by atoms with Gasteiger partial charge in [-0.3, -0.25) is 0 Å². The lowest BCUT2D eigenvalue weighted by molar-refractivity contribution is 0.0681. The summed E-state index contributed by atoms with van der Waals surface area (Å²) in [6.07, 6.45) is 17.4. The summed E-state index contributed by atoms with van der Waals surface area (Å²) in [5.74, 6) is 0.636. The van der Waals surface area contributed by atoms with Crippen LogP contribution in [0.3, 0.4) is 0 Å². The lowest BCUT2D eigenvalue weighted by Gasteiger charge is -2.30. The highest BCUT2D eigenvalue weighted by Crippen LogP contribution is 2.19. The van der Waals surface area contributed by atoms with Crippen molar-refractivity contribution in [1.82, 2.24) is 9.73 Å². The van der Waals surface area contributed by atoms with Gasteiger partial charge in [-0.15, -0.1) is 5.10 Å². The van der Waals surface area contributed by atoms with E-state index in [-0.39, 0.29) is 5.75 Å². The van der Waals surface area contributed by atoms with Crippen LogP contribution in [-0.2, 0) is 14.8 Å². The Kier molecular flexibility index (Phi) is 15.4. The molecule has 0 spiro atoms. The van der Waals surface area contributed by atoms with E-state index in [9.17, 15) is 8.42 Å². The summed E-state index contributed by atoms with van der Waals surface area (Å²) >= 11 is 6.37. The molecule has 1 N–H and O–H groups in total. The molecular formula is C27H46ClN3O3S. The molecule has 0 atom stereocenters. The van der Waals surface area contributed by atoms with Crippen molar-refractivity contribution in [3.05, 3.63) is 34.9 Å². The Balaban J connectivity index is 1.64. The van der Waals surface area contributed by atoms with Crippen LogP contribution >= 0.6 is 11.6 Å². The highest BCUT2D eigenvalue weighted by atomic mass is 35.5. The maximum atomic E-state index is 12.6. The molecule has 8 heteroatoms. The molecule has 0 aromatic heterocycles. The molecule has 0 bridgehead atoms. The third-order valence-corrected chi connectivity index (χ3v) is 8.01. The number of nitrogens with one attached hydrogen (secondary N) is 1. The zero-order valence-corrected chi connectivity index (χ0v) is 23.2. The van der Waals surface area contributed by atoms with E-state index >= 15 is 0 Å². The molecule has 0 aliphatic carbocycles. The Labute approximate surface area is 218 Å². The Morgan fingerprint density at radius 2 is 1.40 bits per heavy atom. The minimum atomic E-state index is -3.49. The highest BCUT2D eigenvalue weighted by Gasteiger charge is 2.20. The predicted octanol–water partition coefficient (Wildman–Crippen LogP) is 6.73. The van der Waals surface area contributed by atoms with Gasteiger partial charge in [-0.1, -0.05) is 114 Å². The van der Waals surface area contributed by atoms with Gasteiger partial charge in [-0.25, -0.2) is 13.2 Å². The number of ether oxygens (including phenoxy) is 1. The van der Waals surface area contributed by atoms with E-state index in [2.05, 4.69) is 16.9 Å². The molecule has 2 rings (SSSR count). The Hall–Kier alpha value is -1.31. The Bertz CT molecular complexity index is 827.